The van der Waals surface area contributed by atoms with E-state index < -0.39 is 0 Å². The topological polar surface area (TPSA) is 34.1 Å². The molecule has 1 heterocycles. The first-order chi connectivity index (χ1) is 8.79. The lowest BCUT2D eigenvalue weighted by molar-refractivity contribution is 0.0293. The van der Waals surface area contributed by atoms with Gasteiger partial charge in [0.1, 0.15) is 5.82 Å². The summed E-state index contributed by atoms with van der Waals surface area (Å²) in [6.07, 6.45) is 7.96. The maximum absolute atomic E-state index is 6.13. The van der Waals surface area contributed by atoms with Gasteiger partial charge in [0.25, 0.3) is 0 Å². The number of nitrogens with zero attached hydrogens (tertiary/aromatic N) is 1. The first-order valence-electron chi connectivity index (χ1n) is 6.74. The molecule has 2 rings (SSSR count). The van der Waals surface area contributed by atoms with Crippen LogP contribution in [0.5, 0.6) is 0 Å². The number of pyridine rings is 1. The number of hydrogen-bond donors (Lipinski definition) is 1. The van der Waals surface area contributed by atoms with Gasteiger partial charge >= 0.3 is 0 Å². The van der Waals surface area contributed by atoms with Crippen LogP contribution in [-0.2, 0) is 11.3 Å². The average Bonchev–Trinajstić information content (AvgIpc) is 2.66. The van der Waals surface area contributed by atoms with Crippen molar-refractivity contribution in [1.82, 2.24) is 4.98 Å². The molecule has 0 spiro atoms. The molecule has 0 atom stereocenters. The quantitative estimate of drug-likeness (QED) is 0.838. The lowest BCUT2D eigenvalue weighted by atomic mass is 10.1. The fourth-order valence-corrected chi connectivity index (χ4v) is 2.49. The van der Waals surface area contributed by atoms with Crippen LogP contribution in [0, 0.1) is 0 Å². The summed E-state index contributed by atoms with van der Waals surface area (Å²) >= 11 is 6.13. The minimum absolute atomic E-state index is 0.378. The standard InChI is InChI=1S/C14H21ClN2O/c1-16-14-9-8-12(15)13(17-14)10-18-11-6-4-2-3-5-7-11/h8-9,11H,2-7,10H2,1H3,(H,16,17). The highest BCUT2D eigenvalue weighted by Crippen LogP contribution is 2.23. The largest absolute Gasteiger partial charge is 0.373 e. The van der Waals surface area contributed by atoms with Gasteiger partial charge < -0.3 is 10.1 Å². The summed E-state index contributed by atoms with van der Waals surface area (Å²) in [5.74, 6) is 0.832. The van der Waals surface area contributed by atoms with Crippen molar-refractivity contribution in [3.63, 3.8) is 0 Å². The van der Waals surface area contributed by atoms with Crippen LogP contribution in [0.2, 0.25) is 5.02 Å². The van der Waals surface area contributed by atoms with Crippen molar-refractivity contribution in [2.24, 2.45) is 0 Å². The Kier molecular flexibility index (Phi) is 5.26. The van der Waals surface area contributed by atoms with E-state index in [4.69, 9.17) is 16.3 Å². The molecule has 0 amide bonds. The summed E-state index contributed by atoms with van der Waals surface area (Å²) in [6, 6.07) is 3.74. The Morgan fingerprint density at radius 1 is 1.28 bits per heavy atom. The van der Waals surface area contributed by atoms with Crippen LogP contribution < -0.4 is 5.32 Å². The Bertz CT molecular complexity index is 376. The number of ether oxygens (including phenoxy) is 1. The highest BCUT2D eigenvalue weighted by Gasteiger charge is 2.14. The molecule has 1 aliphatic carbocycles. The molecule has 0 aromatic carbocycles. The molecule has 0 bridgehead atoms. The Morgan fingerprint density at radius 2 is 2.00 bits per heavy atom. The summed E-state index contributed by atoms with van der Waals surface area (Å²) in [7, 11) is 1.85. The molecule has 0 unspecified atom stereocenters. The molecule has 1 fully saturated rings. The van der Waals surface area contributed by atoms with Gasteiger partial charge in [-0.25, -0.2) is 4.98 Å². The van der Waals surface area contributed by atoms with E-state index in [0.29, 0.717) is 17.7 Å². The van der Waals surface area contributed by atoms with Crippen LogP contribution in [0.25, 0.3) is 0 Å². The molecular weight excluding hydrogens is 248 g/mol. The van der Waals surface area contributed by atoms with Crippen molar-refractivity contribution in [3.05, 3.63) is 22.8 Å². The van der Waals surface area contributed by atoms with Gasteiger partial charge in [0.05, 0.1) is 23.4 Å². The predicted molar refractivity (Wildman–Crippen MR) is 75.1 cm³/mol. The van der Waals surface area contributed by atoms with Crippen molar-refractivity contribution in [2.75, 3.05) is 12.4 Å². The van der Waals surface area contributed by atoms with Gasteiger partial charge in [0.15, 0.2) is 0 Å². The first-order valence-corrected chi connectivity index (χ1v) is 7.12. The van der Waals surface area contributed by atoms with E-state index in [-0.39, 0.29) is 0 Å². The van der Waals surface area contributed by atoms with E-state index in [1.165, 1.54) is 38.5 Å². The van der Waals surface area contributed by atoms with E-state index in [0.717, 1.165) is 11.5 Å². The van der Waals surface area contributed by atoms with Crippen molar-refractivity contribution in [1.29, 1.82) is 0 Å². The smallest absolute Gasteiger partial charge is 0.126 e. The summed E-state index contributed by atoms with van der Waals surface area (Å²) in [5.41, 5.74) is 0.827. The molecule has 1 aromatic heterocycles. The lowest BCUT2D eigenvalue weighted by Gasteiger charge is -2.15. The van der Waals surface area contributed by atoms with Crippen LogP contribution in [-0.4, -0.2) is 18.1 Å². The van der Waals surface area contributed by atoms with Gasteiger partial charge in [-0.15, -0.1) is 0 Å². The summed E-state index contributed by atoms with van der Waals surface area (Å²) in [6.45, 7) is 0.513. The second kappa shape index (κ2) is 6.95. The zero-order chi connectivity index (χ0) is 12.8. The molecule has 1 aliphatic rings. The average molecular weight is 269 g/mol. The number of halogens is 1. The normalized spacial score (nSPS) is 17.4. The fraction of sp³-hybridized carbons (Fsp3) is 0.643. The Morgan fingerprint density at radius 3 is 2.67 bits per heavy atom. The van der Waals surface area contributed by atoms with E-state index in [9.17, 15) is 0 Å². The van der Waals surface area contributed by atoms with Crippen LogP contribution in [0.3, 0.4) is 0 Å². The molecule has 0 radical (unpaired) electrons. The maximum Gasteiger partial charge on any atom is 0.126 e. The van der Waals surface area contributed by atoms with Gasteiger partial charge in [-0.3, -0.25) is 0 Å². The molecule has 0 saturated heterocycles. The van der Waals surface area contributed by atoms with Crippen LogP contribution in [0.4, 0.5) is 5.82 Å². The molecule has 18 heavy (non-hydrogen) atoms. The van der Waals surface area contributed by atoms with Gasteiger partial charge in [-0.05, 0) is 25.0 Å². The first kappa shape index (κ1) is 13.6. The third-order valence-electron chi connectivity index (χ3n) is 3.43. The molecule has 1 N–H and O–H groups in total. The molecular formula is C14H21ClN2O. The second-order valence-corrected chi connectivity index (χ2v) is 5.21. The highest BCUT2D eigenvalue weighted by molar-refractivity contribution is 6.31. The third kappa shape index (κ3) is 3.85. The van der Waals surface area contributed by atoms with E-state index in [1.807, 2.05) is 19.2 Å². The predicted octanol–water partition coefficient (Wildman–Crippen LogP) is 4.02. The SMILES string of the molecule is CNc1ccc(Cl)c(COC2CCCCCC2)n1. The van der Waals surface area contributed by atoms with Crippen LogP contribution >= 0.6 is 11.6 Å². The molecule has 3 nitrogen and oxygen atoms in total. The number of hydrogen-bond acceptors (Lipinski definition) is 3. The van der Waals surface area contributed by atoms with Gasteiger partial charge in [-0.2, -0.15) is 0 Å². The molecule has 4 heteroatoms. The molecule has 1 saturated carbocycles. The monoisotopic (exact) mass is 268 g/mol. The number of aromatic nitrogens is 1. The van der Waals surface area contributed by atoms with E-state index in [1.54, 1.807) is 0 Å². The number of anilines is 1. The Labute approximate surface area is 114 Å². The summed E-state index contributed by atoms with van der Waals surface area (Å²) in [4.78, 5) is 4.43. The van der Waals surface area contributed by atoms with Crippen molar-refractivity contribution in [2.45, 2.75) is 51.2 Å². The zero-order valence-electron chi connectivity index (χ0n) is 10.9. The summed E-state index contributed by atoms with van der Waals surface area (Å²) < 4.78 is 5.95. The lowest BCUT2D eigenvalue weighted by Crippen LogP contribution is -2.12. The van der Waals surface area contributed by atoms with Crippen LogP contribution in [0.1, 0.15) is 44.2 Å². The maximum atomic E-state index is 6.13. The Balaban J connectivity index is 1.92. The van der Waals surface area contributed by atoms with E-state index in [2.05, 4.69) is 10.3 Å². The van der Waals surface area contributed by atoms with E-state index >= 15 is 0 Å². The molecule has 0 aliphatic heterocycles. The zero-order valence-corrected chi connectivity index (χ0v) is 11.7. The number of nitrogens with one attached hydrogen (secondary N) is 1. The minimum atomic E-state index is 0.378. The van der Waals surface area contributed by atoms with Crippen molar-refractivity contribution < 1.29 is 4.74 Å². The van der Waals surface area contributed by atoms with Gasteiger partial charge in [-0.1, -0.05) is 37.3 Å². The fourth-order valence-electron chi connectivity index (χ4n) is 2.33. The number of rotatable bonds is 4. The highest BCUT2D eigenvalue weighted by atomic mass is 35.5. The van der Waals surface area contributed by atoms with Gasteiger partial charge in [0, 0.05) is 7.05 Å². The minimum Gasteiger partial charge on any atom is -0.373 e. The molecule has 100 valence electrons. The third-order valence-corrected chi connectivity index (χ3v) is 3.78. The van der Waals surface area contributed by atoms with Gasteiger partial charge in [0.2, 0.25) is 0 Å². The van der Waals surface area contributed by atoms with Crippen LogP contribution in [0.15, 0.2) is 12.1 Å². The van der Waals surface area contributed by atoms with Crippen molar-refractivity contribution >= 4 is 17.4 Å². The second-order valence-electron chi connectivity index (χ2n) is 4.80. The molecule has 1 aromatic rings. The Hall–Kier alpha value is -0.800. The van der Waals surface area contributed by atoms with Crippen molar-refractivity contribution in [3.8, 4) is 0 Å². The summed E-state index contributed by atoms with van der Waals surface area (Å²) in [5, 5.41) is 3.70.